The fourth-order valence-electron chi connectivity index (χ4n) is 3.21. The predicted octanol–water partition coefficient (Wildman–Crippen LogP) is 2.92. The number of thiocarbonyl (C=S) groups is 1. The van der Waals surface area contributed by atoms with Gasteiger partial charge in [-0.05, 0) is 68.0 Å². The average Bonchev–Trinajstić information content (AvgIpc) is 2.95. The minimum atomic E-state index is -0.496. The Bertz CT molecular complexity index is 1000. The highest BCUT2D eigenvalue weighted by molar-refractivity contribution is 7.80. The van der Waals surface area contributed by atoms with E-state index in [0.29, 0.717) is 0 Å². The van der Waals surface area contributed by atoms with Crippen molar-refractivity contribution < 1.29 is 14.3 Å². The number of hydrogen-bond acceptors (Lipinski definition) is 4. The van der Waals surface area contributed by atoms with Gasteiger partial charge in [0, 0.05) is 23.6 Å². The lowest BCUT2D eigenvalue weighted by Crippen LogP contribution is -2.53. The summed E-state index contributed by atoms with van der Waals surface area (Å²) < 4.78 is 7.27. The van der Waals surface area contributed by atoms with Crippen molar-refractivity contribution in [3.8, 4) is 11.4 Å². The second-order valence-electron chi connectivity index (χ2n) is 6.38. The zero-order valence-corrected chi connectivity index (χ0v) is 16.8. The fraction of sp³-hybridized carbons (Fsp3) is 0.190. The van der Waals surface area contributed by atoms with Gasteiger partial charge in [0.1, 0.15) is 11.3 Å². The van der Waals surface area contributed by atoms with Crippen LogP contribution < -0.4 is 10.1 Å². The first-order chi connectivity index (χ1) is 13.4. The van der Waals surface area contributed by atoms with Crippen LogP contribution in [0, 0.1) is 13.8 Å². The number of rotatable bonds is 5. The Morgan fingerprint density at radius 1 is 1.21 bits per heavy atom. The Balaban J connectivity index is 2.02. The molecule has 0 bridgehead atoms. The monoisotopic (exact) mass is 395 g/mol. The SMILES string of the molecule is C=CCN1C(=O)/C(=C/c2cc(C)n(-c3ccc(OC)cc3)c2C)C(=O)NC1=S. The summed E-state index contributed by atoms with van der Waals surface area (Å²) in [5, 5.41) is 2.65. The number of aryl methyl sites for hydroxylation is 1. The number of nitrogens with one attached hydrogen (secondary N) is 1. The fourth-order valence-corrected chi connectivity index (χ4v) is 3.46. The summed E-state index contributed by atoms with van der Waals surface area (Å²) in [6, 6.07) is 9.63. The first-order valence-electron chi connectivity index (χ1n) is 8.70. The van der Waals surface area contributed by atoms with Gasteiger partial charge in [0.25, 0.3) is 11.8 Å². The van der Waals surface area contributed by atoms with Gasteiger partial charge < -0.3 is 9.30 Å². The van der Waals surface area contributed by atoms with Crippen LogP contribution in [0.3, 0.4) is 0 Å². The van der Waals surface area contributed by atoms with Crippen LogP contribution in [-0.4, -0.2) is 40.0 Å². The van der Waals surface area contributed by atoms with E-state index < -0.39 is 11.8 Å². The summed E-state index contributed by atoms with van der Waals surface area (Å²) >= 11 is 5.08. The zero-order chi connectivity index (χ0) is 20.4. The van der Waals surface area contributed by atoms with E-state index in [4.69, 9.17) is 17.0 Å². The molecule has 7 heteroatoms. The lowest BCUT2D eigenvalue weighted by atomic mass is 10.1. The molecule has 1 aromatic heterocycles. The quantitative estimate of drug-likeness (QED) is 0.366. The molecule has 1 saturated heterocycles. The Labute approximate surface area is 169 Å². The molecule has 1 N–H and O–H groups in total. The van der Waals surface area contributed by atoms with E-state index in [1.54, 1.807) is 19.3 Å². The smallest absolute Gasteiger partial charge is 0.265 e. The van der Waals surface area contributed by atoms with Gasteiger partial charge in [-0.25, -0.2) is 0 Å². The average molecular weight is 395 g/mol. The molecule has 144 valence electrons. The molecule has 2 heterocycles. The molecule has 0 unspecified atom stereocenters. The van der Waals surface area contributed by atoms with Crippen LogP contribution in [0.4, 0.5) is 0 Å². The van der Waals surface area contributed by atoms with Crippen LogP contribution in [0.1, 0.15) is 17.0 Å². The van der Waals surface area contributed by atoms with Gasteiger partial charge in [-0.3, -0.25) is 19.8 Å². The number of ether oxygens (including phenoxy) is 1. The highest BCUT2D eigenvalue weighted by atomic mass is 32.1. The van der Waals surface area contributed by atoms with Gasteiger partial charge in [0.2, 0.25) is 0 Å². The van der Waals surface area contributed by atoms with Crippen molar-refractivity contribution in [3.63, 3.8) is 0 Å². The van der Waals surface area contributed by atoms with E-state index in [-0.39, 0.29) is 17.2 Å². The molecule has 28 heavy (non-hydrogen) atoms. The second-order valence-corrected chi connectivity index (χ2v) is 6.77. The van der Waals surface area contributed by atoms with Gasteiger partial charge in [0.15, 0.2) is 5.11 Å². The normalized spacial score (nSPS) is 15.8. The molecule has 1 aliphatic rings. The number of hydrogen-bond donors (Lipinski definition) is 1. The molecule has 6 nitrogen and oxygen atoms in total. The molecule has 1 aromatic carbocycles. The zero-order valence-electron chi connectivity index (χ0n) is 16.0. The highest BCUT2D eigenvalue weighted by Gasteiger charge is 2.32. The summed E-state index contributed by atoms with van der Waals surface area (Å²) in [6.45, 7) is 7.78. The van der Waals surface area contributed by atoms with E-state index in [1.165, 1.54) is 4.90 Å². The maximum Gasteiger partial charge on any atom is 0.265 e. The summed E-state index contributed by atoms with van der Waals surface area (Å²) in [7, 11) is 1.62. The summed E-state index contributed by atoms with van der Waals surface area (Å²) in [4.78, 5) is 26.4. The van der Waals surface area contributed by atoms with Crippen molar-refractivity contribution in [2.45, 2.75) is 13.8 Å². The van der Waals surface area contributed by atoms with Crippen molar-refractivity contribution in [2.24, 2.45) is 0 Å². The standard InChI is InChI=1S/C21H21N3O3S/c1-5-10-23-20(26)18(19(25)22-21(23)28)12-15-11-13(2)24(14(15)3)16-6-8-17(27-4)9-7-16/h5-9,11-12H,1,10H2,2-4H3,(H,22,25,28)/b18-12+. The van der Waals surface area contributed by atoms with Gasteiger partial charge in [-0.15, -0.1) is 6.58 Å². The first-order valence-corrected chi connectivity index (χ1v) is 9.11. The van der Waals surface area contributed by atoms with Gasteiger partial charge in [-0.1, -0.05) is 6.08 Å². The minimum Gasteiger partial charge on any atom is -0.497 e. The molecule has 2 aromatic rings. The topological polar surface area (TPSA) is 63.6 Å². The van der Waals surface area contributed by atoms with E-state index in [1.807, 2.05) is 44.2 Å². The molecule has 3 rings (SSSR count). The van der Waals surface area contributed by atoms with Crippen molar-refractivity contribution in [3.05, 3.63) is 65.5 Å². The van der Waals surface area contributed by atoms with Crippen LogP contribution in [0.5, 0.6) is 5.75 Å². The molecular weight excluding hydrogens is 374 g/mol. The minimum absolute atomic E-state index is 0.0467. The number of methoxy groups -OCH3 is 1. The third-order valence-electron chi connectivity index (χ3n) is 4.60. The van der Waals surface area contributed by atoms with E-state index in [0.717, 1.165) is 28.4 Å². The molecule has 1 fully saturated rings. The molecule has 0 spiro atoms. The van der Waals surface area contributed by atoms with E-state index >= 15 is 0 Å². The molecule has 0 saturated carbocycles. The lowest BCUT2D eigenvalue weighted by Gasteiger charge is -2.27. The molecular formula is C21H21N3O3S. The Kier molecular flexibility index (Phi) is 5.46. The van der Waals surface area contributed by atoms with Gasteiger partial charge in [0.05, 0.1) is 7.11 Å². The lowest BCUT2D eigenvalue weighted by molar-refractivity contribution is -0.128. The summed E-state index contributed by atoms with van der Waals surface area (Å²) in [5.41, 5.74) is 3.70. The second kappa shape index (κ2) is 7.82. The van der Waals surface area contributed by atoms with Crippen molar-refractivity contribution in [1.82, 2.24) is 14.8 Å². The van der Waals surface area contributed by atoms with Gasteiger partial charge >= 0.3 is 0 Å². The van der Waals surface area contributed by atoms with Crippen molar-refractivity contribution in [2.75, 3.05) is 13.7 Å². The molecule has 0 radical (unpaired) electrons. The van der Waals surface area contributed by atoms with E-state index in [2.05, 4.69) is 16.5 Å². The Hall–Kier alpha value is -3.19. The van der Waals surface area contributed by atoms with Crippen LogP contribution in [0.25, 0.3) is 11.8 Å². The van der Waals surface area contributed by atoms with Crippen molar-refractivity contribution >= 4 is 35.2 Å². The maximum atomic E-state index is 12.7. The Morgan fingerprint density at radius 2 is 1.89 bits per heavy atom. The molecule has 0 aliphatic carbocycles. The number of carbonyl (C=O) groups excluding carboxylic acids is 2. The van der Waals surface area contributed by atoms with Gasteiger partial charge in [-0.2, -0.15) is 0 Å². The summed E-state index contributed by atoms with van der Waals surface area (Å²) in [6.07, 6.45) is 3.17. The highest BCUT2D eigenvalue weighted by Crippen LogP contribution is 2.25. The molecule has 2 amide bonds. The number of amides is 2. The van der Waals surface area contributed by atoms with Crippen LogP contribution >= 0.6 is 12.2 Å². The number of carbonyl (C=O) groups is 2. The number of nitrogens with zero attached hydrogens (tertiary/aromatic N) is 2. The third kappa shape index (κ3) is 3.48. The number of aromatic nitrogens is 1. The first kappa shape index (κ1) is 19.6. The van der Waals surface area contributed by atoms with Crippen LogP contribution in [0.15, 0.2) is 48.6 Å². The Morgan fingerprint density at radius 3 is 2.50 bits per heavy atom. The third-order valence-corrected chi connectivity index (χ3v) is 4.92. The number of benzene rings is 1. The molecule has 1 aliphatic heterocycles. The van der Waals surface area contributed by atoms with Crippen LogP contribution in [0.2, 0.25) is 0 Å². The van der Waals surface area contributed by atoms with E-state index in [9.17, 15) is 9.59 Å². The summed E-state index contributed by atoms with van der Waals surface area (Å²) in [5.74, 6) is -0.149. The maximum absolute atomic E-state index is 12.7. The predicted molar refractivity (Wildman–Crippen MR) is 112 cm³/mol. The molecule has 0 atom stereocenters. The van der Waals surface area contributed by atoms with Crippen LogP contribution in [-0.2, 0) is 9.59 Å². The largest absolute Gasteiger partial charge is 0.497 e. The van der Waals surface area contributed by atoms with Crippen molar-refractivity contribution in [1.29, 1.82) is 0 Å².